The van der Waals surface area contributed by atoms with E-state index in [4.69, 9.17) is 4.74 Å². The Morgan fingerprint density at radius 2 is 1.83 bits per heavy atom. The van der Waals surface area contributed by atoms with E-state index in [1.54, 1.807) is 0 Å². The van der Waals surface area contributed by atoms with Crippen molar-refractivity contribution < 1.29 is 19.1 Å². The molecule has 7 nitrogen and oxygen atoms in total. The number of carbonyl (C=O) groups excluding carboxylic acids is 3. The molecular formula is C28H41N3O4S. The summed E-state index contributed by atoms with van der Waals surface area (Å²) in [4.78, 5) is 46.0. The summed E-state index contributed by atoms with van der Waals surface area (Å²) < 4.78 is 4.88. The van der Waals surface area contributed by atoms with Gasteiger partial charge in [0.15, 0.2) is 0 Å². The summed E-state index contributed by atoms with van der Waals surface area (Å²) in [6.07, 6.45) is 9.32. The molecular weight excluding hydrogens is 474 g/mol. The minimum atomic E-state index is -0.159. The lowest BCUT2D eigenvalue weighted by Gasteiger charge is -2.57. The molecule has 36 heavy (non-hydrogen) atoms. The van der Waals surface area contributed by atoms with Crippen molar-refractivity contribution >= 4 is 29.1 Å². The Labute approximate surface area is 219 Å². The number of rotatable bonds is 7. The minimum Gasteiger partial charge on any atom is -0.469 e. The molecule has 4 unspecified atom stereocenters. The van der Waals surface area contributed by atoms with Crippen LogP contribution in [0.15, 0.2) is 17.5 Å². The van der Waals surface area contributed by atoms with Gasteiger partial charge in [-0.15, -0.1) is 11.3 Å². The molecule has 8 heteroatoms. The maximum absolute atomic E-state index is 13.8. The van der Waals surface area contributed by atoms with E-state index >= 15 is 0 Å². The van der Waals surface area contributed by atoms with E-state index in [9.17, 15) is 14.4 Å². The van der Waals surface area contributed by atoms with Crippen molar-refractivity contribution in [2.24, 2.45) is 17.8 Å². The maximum atomic E-state index is 13.8. The predicted octanol–water partition coefficient (Wildman–Crippen LogP) is 4.04. The number of esters is 1. The zero-order valence-corrected chi connectivity index (χ0v) is 22.4. The highest BCUT2D eigenvalue weighted by Gasteiger charge is 2.49. The molecule has 0 N–H and O–H groups in total. The van der Waals surface area contributed by atoms with E-state index in [0.717, 1.165) is 50.2 Å². The average Bonchev–Trinajstić information content (AvgIpc) is 3.45. The molecule has 1 aromatic rings. The van der Waals surface area contributed by atoms with Gasteiger partial charge in [0.2, 0.25) is 5.91 Å². The van der Waals surface area contributed by atoms with Crippen LogP contribution in [-0.4, -0.2) is 84.4 Å². The van der Waals surface area contributed by atoms with Gasteiger partial charge in [-0.2, -0.15) is 0 Å². The number of nitrogens with zero attached hydrogens (tertiary/aromatic N) is 3. The van der Waals surface area contributed by atoms with E-state index in [2.05, 4.69) is 9.80 Å². The molecule has 4 saturated heterocycles. The Hall–Kier alpha value is -1.93. The lowest BCUT2D eigenvalue weighted by atomic mass is 9.69. The normalized spacial score (nSPS) is 29.0. The second-order valence-corrected chi connectivity index (χ2v) is 12.2. The second kappa shape index (κ2) is 11.6. The number of likely N-dealkylation sites (tertiary alicyclic amines) is 2. The first kappa shape index (κ1) is 25.7. The van der Waals surface area contributed by atoms with Crippen LogP contribution in [0.2, 0.25) is 0 Å². The topological polar surface area (TPSA) is 70.2 Å². The summed E-state index contributed by atoms with van der Waals surface area (Å²) in [5, 5.41) is 1.95. The molecule has 0 spiro atoms. The zero-order chi connectivity index (χ0) is 25.1. The van der Waals surface area contributed by atoms with E-state index in [0.29, 0.717) is 42.5 Å². The van der Waals surface area contributed by atoms with E-state index in [1.807, 2.05) is 22.4 Å². The first-order valence-corrected chi connectivity index (χ1v) is 14.9. The van der Waals surface area contributed by atoms with Gasteiger partial charge in [-0.1, -0.05) is 6.07 Å². The van der Waals surface area contributed by atoms with E-state index in [1.165, 1.54) is 57.2 Å². The summed E-state index contributed by atoms with van der Waals surface area (Å²) >= 11 is 1.50. The Kier molecular flexibility index (Phi) is 8.31. The SMILES string of the molecule is COC(=O)CCCC1C2CCCN3CCCC(CN1C(=O)CC1CCN(C(=O)c4cccs4)CC1)C23. The van der Waals surface area contributed by atoms with Crippen LogP contribution in [0.25, 0.3) is 0 Å². The first-order valence-electron chi connectivity index (χ1n) is 14.0. The second-order valence-electron chi connectivity index (χ2n) is 11.2. The predicted molar refractivity (Wildman–Crippen MR) is 140 cm³/mol. The van der Waals surface area contributed by atoms with Gasteiger partial charge in [-0.05, 0) is 93.7 Å². The largest absolute Gasteiger partial charge is 0.469 e. The number of hydrogen-bond donors (Lipinski definition) is 0. The van der Waals surface area contributed by atoms with Crippen molar-refractivity contribution in [2.45, 2.75) is 76.3 Å². The van der Waals surface area contributed by atoms with E-state index in [-0.39, 0.29) is 17.9 Å². The fourth-order valence-corrected chi connectivity index (χ4v) is 8.16. The third kappa shape index (κ3) is 5.49. The first-order chi connectivity index (χ1) is 17.5. The van der Waals surface area contributed by atoms with Crippen LogP contribution in [0, 0.1) is 17.8 Å². The van der Waals surface area contributed by atoms with E-state index < -0.39 is 0 Å². The third-order valence-electron chi connectivity index (χ3n) is 9.20. The number of carbonyl (C=O) groups is 3. The van der Waals surface area contributed by atoms with Crippen molar-refractivity contribution in [1.82, 2.24) is 14.7 Å². The third-order valence-corrected chi connectivity index (χ3v) is 10.1. The van der Waals surface area contributed by atoms with Crippen LogP contribution in [-0.2, 0) is 14.3 Å². The monoisotopic (exact) mass is 515 g/mol. The maximum Gasteiger partial charge on any atom is 0.305 e. The Bertz CT molecular complexity index is 912. The molecule has 4 fully saturated rings. The molecule has 5 heterocycles. The molecule has 0 bridgehead atoms. The highest BCUT2D eigenvalue weighted by atomic mass is 32.1. The van der Waals surface area contributed by atoms with Gasteiger partial charge in [0.25, 0.3) is 5.91 Å². The fourth-order valence-electron chi connectivity index (χ4n) is 7.47. The van der Waals surface area contributed by atoms with Crippen LogP contribution in [0.5, 0.6) is 0 Å². The molecule has 0 saturated carbocycles. The number of methoxy groups -OCH3 is 1. The minimum absolute atomic E-state index is 0.127. The van der Waals surface area contributed by atoms with Crippen LogP contribution in [0.4, 0.5) is 0 Å². The fraction of sp³-hybridized carbons (Fsp3) is 0.750. The smallest absolute Gasteiger partial charge is 0.305 e. The average molecular weight is 516 g/mol. The molecule has 0 radical (unpaired) electrons. The number of piperidine rings is 4. The lowest BCUT2D eigenvalue weighted by Crippen LogP contribution is -2.65. The van der Waals surface area contributed by atoms with Gasteiger partial charge < -0.3 is 14.5 Å². The van der Waals surface area contributed by atoms with Crippen LogP contribution in [0.1, 0.15) is 73.9 Å². The summed E-state index contributed by atoms with van der Waals surface area (Å²) in [6, 6.07) is 4.65. The summed E-state index contributed by atoms with van der Waals surface area (Å²) in [5.74, 6) is 1.70. The number of thiophene rings is 1. The van der Waals surface area contributed by atoms with Crippen LogP contribution < -0.4 is 0 Å². The van der Waals surface area contributed by atoms with Gasteiger partial charge in [-0.3, -0.25) is 19.3 Å². The Balaban J connectivity index is 1.23. The van der Waals surface area contributed by atoms with Gasteiger partial charge in [0.05, 0.1) is 12.0 Å². The van der Waals surface area contributed by atoms with Crippen molar-refractivity contribution in [3.05, 3.63) is 22.4 Å². The molecule has 0 aliphatic carbocycles. The van der Waals surface area contributed by atoms with Crippen molar-refractivity contribution in [3.63, 3.8) is 0 Å². The van der Waals surface area contributed by atoms with Gasteiger partial charge in [0, 0.05) is 44.6 Å². The van der Waals surface area contributed by atoms with Crippen LogP contribution >= 0.6 is 11.3 Å². The van der Waals surface area contributed by atoms with Gasteiger partial charge in [0.1, 0.15) is 0 Å². The number of amides is 2. The summed E-state index contributed by atoms with van der Waals surface area (Å²) in [6.45, 7) is 4.74. The molecule has 2 amide bonds. The summed E-state index contributed by atoms with van der Waals surface area (Å²) in [5.41, 5.74) is 0. The Morgan fingerprint density at radius 3 is 2.56 bits per heavy atom. The van der Waals surface area contributed by atoms with Crippen molar-refractivity contribution in [1.29, 1.82) is 0 Å². The zero-order valence-electron chi connectivity index (χ0n) is 21.6. The van der Waals surface area contributed by atoms with Gasteiger partial charge >= 0.3 is 5.97 Å². The number of hydrogen-bond acceptors (Lipinski definition) is 6. The molecule has 1 aromatic heterocycles. The molecule has 198 valence electrons. The van der Waals surface area contributed by atoms with Gasteiger partial charge in [-0.25, -0.2) is 0 Å². The molecule has 4 aliphatic heterocycles. The number of ether oxygens (including phenoxy) is 1. The highest BCUT2D eigenvalue weighted by molar-refractivity contribution is 7.12. The van der Waals surface area contributed by atoms with Crippen molar-refractivity contribution in [3.8, 4) is 0 Å². The lowest BCUT2D eigenvalue weighted by molar-refractivity contribution is -0.148. The molecule has 5 rings (SSSR count). The molecule has 0 aromatic carbocycles. The Morgan fingerprint density at radius 1 is 1.06 bits per heavy atom. The molecule has 4 atom stereocenters. The summed E-state index contributed by atoms with van der Waals surface area (Å²) in [7, 11) is 1.45. The molecule has 4 aliphatic rings. The van der Waals surface area contributed by atoms with Crippen molar-refractivity contribution in [2.75, 3.05) is 39.8 Å². The standard InChI is InChI=1S/C28H41N3O4S/c1-35-26(33)10-2-8-23-22-7-4-14-29-13-3-6-21(27(22)29)19-31(23)25(32)18-20-11-15-30(16-12-20)28(34)24-9-5-17-36-24/h5,9,17,20-23,27H,2-4,6-8,10-16,18-19H2,1H3. The quantitative estimate of drug-likeness (QED) is 0.513. The highest BCUT2D eigenvalue weighted by Crippen LogP contribution is 2.44. The van der Waals surface area contributed by atoms with Crippen LogP contribution in [0.3, 0.4) is 0 Å².